The van der Waals surface area contributed by atoms with Gasteiger partial charge in [0.1, 0.15) is 0 Å². The fourth-order valence-corrected chi connectivity index (χ4v) is 4.13. The van der Waals surface area contributed by atoms with Crippen LogP contribution in [0.15, 0.2) is 34.2 Å². The summed E-state index contributed by atoms with van der Waals surface area (Å²) in [6.07, 6.45) is 5.38. The van der Waals surface area contributed by atoms with Gasteiger partial charge >= 0.3 is 0 Å². The SMILES string of the molecule is CSc1nc2c(c(=O)[nH]1)CN(Cc1ccc(N3CCCC3)cc1)CC2. The minimum absolute atomic E-state index is 0.0171. The summed E-state index contributed by atoms with van der Waals surface area (Å²) < 4.78 is 0. The second-order valence-corrected chi connectivity index (χ2v) is 7.62. The van der Waals surface area contributed by atoms with Crippen molar-refractivity contribution in [1.82, 2.24) is 14.9 Å². The van der Waals surface area contributed by atoms with Crippen molar-refractivity contribution in [2.45, 2.75) is 37.5 Å². The van der Waals surface area contributed by atoms with E-state index in [4.69, 9.17) is 0 Å². The van der Waals surface area contributed by atoms with E-state index in [0.717, 1.165) is 35.9 Å². The van der Waals surface area contributed by atoms with E-state index in [2.05, 4.69) is 44.0 Å². The largest absolute Gasteiger partial charge is 0.372 e. The number of nitrogens with zero attached hydrogens (tertiary/aromatic N) is 3. The molecule has 6 heteroatoms. The molecule has 0 aliphatic carbocycles. The number of aromatic nitrogens is 2. The normalized spacial score (nSPS) is 17.7. The third-order valence-electron chi connectivity index (χ3n) is 5.13. The Morgan fingerprint density at radius 1 is 1.16 bits per heavy atom. The number of hydrogen-bond donors (Lipinski definition) is 1. The number of nitrogens with one attached hydrogen (secondary N) is 1. The van der Waals surface area contributed by atoms with Crippen molar-refractivity contribution < 1.29 is 0 Å². The van der Waals surface area contributed by atoms with Crippen LogP contribution in [0.5, 0.6) is 0 Å². The van der Waals surface area contributed by atoms with E-state index in [1.54, 1.807) is 0 Å². The van der Waals surface area contributed by atoms with E-state index in [1.165, 1.54) is 48.9 Å². The third kappa shape index (κ3) is 3.60. The maximum absolute atomic E-state index is 12.3. The first kappa shape index (κ1) is 16.7. The van der Waals surface area contributed by atoms with E-state index in [0.29, 0.717) is 6.54 Å². The van der Waals surface area contributed by atoms with Gasteiger partial charge in [-0.05, 0) is 36.8 Å². The van der Waals surface area contributed by atoms with Crippen LogP contribution in [0.2, 0.25) is 0 Å². The van der Waals surface area contributed by atoms with Gasteiger partial charge in [-0.3, -0.25) is 9.69 Å². The van der Waals surface area contributed by atoms with Gasteiger partial charge in [0, 0.05) is 44.8 Å². The molecule has 1 aromatic carbocycles. The van der Waals surface area contributed by atoms with Crippen LogP contribution in [0, 0.1) is 0 Å². The molecule has 0 spiro atoms. The van der Waals surface area contributed by atoms with Crippen LogP contribution in [0.25, 0.3) is 0 Å². The van der Waals surface area contributed by atoms with E-state index in [-0.39, 0.29) is 5.56 Å². The number of aromatic amines is 1. The van der Waals surface area contributed by atoms with Crippen LogP contribution < -0.4 is 10.5 Å². The van der Waals surface area contributed by atoms with Crippen LogP contribution in [-0.4, -0.2) is 40.8 Å². The standard InChI is InChI=1S/C19H24N4OS/c1-25-19-20-17-8-11-22(13-16(17)18(24)21-19)12-14-4-6-15(7-5-14)23-9-2-3-10-23/h4-7H,2-3,8-13H2,1H3,(H,20,21,24). The first-order valence-electron chi connectivity index (χ1n) is 8.95. The highest BCUT2D eigenvalue weighted by Crippen LogP contribution is 2.22. The monoisotopic (exact) mass is 356 g/mol. The van der Waals surface area contributed by atoms with E-state index >= 15 is 0 Å². The highest BCUT2D eigenvalue weighted by atomic mass is 32.2. The van der Waals surface area contributed by atoms with Crippen LogP contribution in [0.4, 0.5) is 5.69 Å². The van der Waals surface area contributed by atoms with Crippen molar-refractivity contribution in [3.05, 3.63) is 51.4 Å². The van der Waals surface area contributed by atoms with Crippen molar-refractivity contribution in [2.75, 3.05) is 30.8 Å². The predicted molar refractivity (Wildman–Crippen MR) is 102 cm³/mol. The summed E-state index contributed by atoms with van der Waals surface area (Å²) in [7, 11) is 0. The fourth-order valence-electron chi connectivity index (χ4n) is 3.74. The second kappa shape index (κ2) is 7.22. The summed E-state index contributed by atoms with van der Waals surface area (Å²) in [6.45, 7) is 4.86. The average molecular weight is 356 g/mol. The quantitative estimate of drug-likeness (QED) is 0.674. The number of fused-ring (bicyclic) bond motifs is 1. The van der Waals surface area contributed by atoms with Crippen molar-refractivity contribution in [3.63, 3.8) is 0 Å². The molecule has 0 radical (unpaired) electrons. The molecular weight excluding hydrogens is 332 g/mol. The molecule has 2 aromatic rings. The zero-order valence-corrected chi connectivity index (χ0v) is 15.4. The lowest BCUT2D eigenvalue weighted by atomic mass is 10.1. The molecule has 0 atom stereocenters. The highest BCUT2D eigenvalue weighted by molar-refractivity contribution is 7.98. The van der Waals surface area contributed by atoms with Crippen molar-refractivity contribution in [2.24, 2.45) is 0 Å². The Labute approximate surface area is 152 Å². The van der Waals surface area contributed by atoms with Gasteiger partial charge in [-0.2, -0.15) is 0 Å². The molecule has 1 saturated heterocycles. The summed E-state index contributed by atoms with van der Waals surface area (Å²) >= 11 is 1.49. The summed E-state index contributed by atoms with van der Waals surface area (Å²) in [5, 5.41) is 0.717. The number of hydrogen-bond acceptors (Lipinski definition) is 5. The summed E-state index contributed by atoms with van der Waals surface area (Å²) in [5.74, 6) is 0. The highest BCUT2D eigenvalue weighted by Gasteiger charge is 2.21. The van der Waals surface area contributed by atoms with Gasteiger partial charge in [-0.25, -0.2) is 4.98 Å². The summed E-state index contributed by atoms with van der Waals surface area (Å²) in [4.78, 5) is 24.5. The second-order valence-electron chi connectivity index (χ2n) is 6.82. The van der Waals surface area contributed by atoms with Gasteiger partial charge < -0.3 is 9.88 Å². The Hall–Kier alpha value is -1.79. The van der Waals surface area contributed by atoms with Gasteiger partial charge in [0.2, 0.25) is 0 Å². The Kier molecular flexibility index (Phi) is 4.81. The molecule has 25 heavy (non-hydrogen) atoms. The zero-order chi connectivity index (χ0) is 17.2. The molecule has 5 nitrogen and oxygen atoms in total. The number of anilines is 1. The number of H-pyrrole nitrogens is 1. The van der Waals surface area contributed by atoms with E-state index in [9.17, 15) is 4.79 Å². The van der Waals surface area contributed by atoms with Crippen molar-refractivity contribution >= 4 is 17.4 Å². The molecule has 0 bridgehead atoms. The molecule has 132 valence electrons. The summed E-state index contributed by atoms with van der Waals surface area (Å²) in [5.41, 5.74) is 4.45. The Balaban J connectivity index is 1.44. The molecular formula is C19H24N4OS. The molecule has 0 unspecified atom stereocenters. The van der Waals surface area contributed by atoms with Gasteiger partial charge in [0.05, 0.1) is 11.3 Å². The smallest absolute Gasteiger partial charge is 0.256 e. The zero-order valence-electron chi connectivity index (χ0n) is 14.6. The van der Waals surface area contributed by atoms with Gasteiger partial charge in [0.25, 0.3) is 5.56 Å². The molecule has 3 heterocycles. The molecule has 1 fully saturated rings. The maximum Gasteiger partial charge on any atom is 0.256 e. The fraction of sp³-hybridized carbons (Fsp3) is 0.474. The van der Waals surface area contributed by atoms with Crippen LogP contribution in [-0.2, 0) is 19.5 Å². The first-order valence-corrected chi connectivity index (χ1v) is 10.2. The minimum Gasteiger partial charge on any atom is -0.372 e. The van der Waals surface area contributed by atoms with Crippen molar-refractivity contribution in [1.29, 1.82) is 0 Å². The Morgan fingerprint density at radius 2 is 1.92 bits per heavy atom. The predicted octanol–water partition coefficient (Wildman–Crippen LogP) is 2.65. The molecule has 0 amide bonds. The lowest BCUT2D eigenvalue weighted by Crippen LogP contribution is -2.35. The Morgan fingerprint density at radius 3 is 2.64 bits per heavy atom. The molecule has 1 N–H and O–H groups in total. The third-order valence-corrected chi connectivity index (χ3v) is 5.71. The number of rotatable bonds is 4. The first-order chi connectivity index (χ1) is 12.2. The van der Waals surface area contributed by atoms with E-state index < -0.39 is 0 Å². The lowest BCUT2D eigenvalue weighted by molar-refractivity contribution is 0.241. The van der Waals surface area contributed by atoms with Gasteiger partial charge in [-0.1, -0.05) is 23.9 Å². The number of benzene rings is 1. The molecule has 1 aromatic heterocycles. The molecule has 2 aliphatic rings. The molecule has 0 saturated carbocycles. The van der Waals surface area contributed by atoms with Crippen LogP contribution in [0.3, 0.4) is 0 Å². The molecule has 2 aliphatic heterocycles. The van der Waals surface area contributed by atoms with Gasteiger partial charge in [0.15, 0.2) is 5.16 Å². The summed E-state index contributed by atoms with van der Waals surface area (Å²) in [6, 6.07) is 8.92. The Bertz CT molecular complexity index is 796. The van der Waals surface area contributed by atoms with Crippen LogP contribution >= 0.6 is 11.8 Å². The maximum atomic E-state index is 12.3. The van der Waals surface area contributed by atoms with Crippen LogP contribution in [0.1, 0.15) is 29.7 Å². The minimum atomic E-state index is 0.0171. The molecule has 4 rings (SSSR count). The van der Waals surface area contributed by atoms with Crippen molar-refractivity contribution in [3.8, 4) is 0 Å². The van der Waals surface area contributed by atoms with E-state index in [1.807, 2.05) is 6.26 Å². The topological polar surface area (TPSA) is 52.2 Å². The average Bonchev–Trinajstić information content (AvgIpc) is 3.17. The van der Waals surface area contributed by atoms with Gasteiger partial charge in [-0.15, -0.1) is 0 Å². The lowest BCUT2D eigenvalue weighted by Gasteiger charge is -2.28. The number of thioether (sulfide) groups is 1.